The van der Waals surface area contributed by atoms with Crippen LogP contribution in [-0.4, -0.2) is 72.8 Å². The van der Waals surface area contributed by atoms with E-state index in [-0.39, 0.29) is 37.7 Å². The number of fused-ring (bicyclic) bond motifs is 1. The first-order chi connectivity index (χ1) is 13.0. The van der Waals surface area contributed by atoms with E-state index < -0.39 is 18.1 Å². The number of carbonyl (C=O) groups is 3. The van der Waals surface area contributed by atoms with Gasteiger partial charge in [0.05, 0.1) is 19.2 Å². The normalized spacial score (nSPS) is 21.0. The van der Waals surface area contributed by atoms with Gasteiger partial charge in [0.15, 0.2) is 0 Å². The minimum Gasteiger partial charge on any atom is -0.465 e. The molecule has 9 heteroatoms. The predicted molar refractivity (Wildman–Crippen MR) is 92.5 cm³/mol. The lowest BCUT2D eigenvalue weighted by Crippen LogP contribution is -2.44. The summed E-state index contributed by atoms with van der Waals surface area (Å²) < 4.78 is 23.1. The molecule has 27 heavy (non-hydrogen) atoms. The number of carbonyl (C=O) groups excluding carboxylic acids is 3. The molecular weight excluding hydrogens is 357 g/mol. The Bertz CT molecular complexity index is 711. The van der Waals surface area contributed by atoms with Crippen molar-refractivity contribution in [2.45, 2.75) is 25.5 Å². The van der Waals surface area contributed by atoms with Gasteiger partial charge in [-0.3, -0.25) is 9.69 Å². The lowest BCUT2D eigenvalue weighted by atomic mass is 10.1. The Morgan fingerprint density at radius 1 is 1.30 bits per heavy atom. The number of benzene rings is 1. The van der Waals surface area contributed by atoms with Crippen LogP contribution >= 0.6 is 0 Å². The first-order valence-corrected chi connectivity index (χ1v) is 8.88. The van der Waals surface area contributed by atoms with Crippen molar-refractivity contribution >= 4 is 18.1 Å². The number of nitrogens with zero attached hydrogens (tertiary/aromatic N) is 2. The van der Waals surface area contributed by atoms with Gasteiger partial charge in [-0.15, -0.1) is 0 Å². The number of halogens is 1. The molecule has 2 saturated heterocycles. The van der Waals surface area contributed by atoms with Crippen molar-refractivity contribution in [2.24, 2.45) is 0 Å². The standard InChI is InChI=1S/C18H22FN3O5/c1-2-26-16(23)9-20-17(24)21-10-14-15(11-21)27-18(25)22(14)8-7-12-3-5-13(19)6-4-12/h3-6,14-15H,2,7-11H2,1H3,(H,20,24)/t14-,15+/m1/s1. The molecule has 0 radical (unpaired) electrons. The van der Waals surface area contributed by atoms with E-state index in [1.54, 1.807) is 24.0 Å². The first kappa shape index (κ1) is 18.9. The Labute approximate surface area is 156 Å². The van der Waals surface area contributed by atoms with Crippen LogP contribution in [0.3, 0.4) is 0 Å². The number of esters is 1. The zero-order valence-corrected chi connectivity index (χ0v) is 15.0. The van der Waals surface area contributed by atoms with E-state index in [0.717, 1.165) is 5.56 Å². The molecule has 2 aliphatic rings. The third-order valence-corrected chi connectivity index (χ3v) is 4.66. The minimum atomic E-state index is -0.502. The Balaban J connectivity index is 1.52. The molecule has 2 fully saturated rings. The van der Waals surface area contributed by atoms with Gasteiger partial charge in [0.2, 0.25) is 0 Å². The molecular formula is C18H22FN3O5. The number of amides is 3. The predicted octanol–water partition coefficient (Wildman–Crippen LogP) is 1.15. The molecule has 2 aliphatic heterocycles. The lowest BCUT2D eigenvalue weighted by Gasteiger charge is -2.22. The van der Waals surface area contributed by atoms with E-state index in [1.807, 2.05) is 0 Å². The van der Waals surface area contributed by atoms with E-state index >= 15 is 0 Å². The number of rotatable bonds is 6. The van der Waals surface area contributed by atoms with Gasteiger partial charge in [0, 0.05) is 13.1 Å². The average molecular weight is 379 g/mol. The fraction of sp³-hybridized carbons (Fsp3) is 0.500. The Kier molecular flexibility index (Phi) is 5.78. The fourth-order valence-corrected chi connectivity index (χ4v) is 3.30. The number of likely N-dealkylation sites (tertiary alicyclic amines) is 1. The van der Waals surface area contributed by atoms with Crippen LogP contribution in [0.2, 0.25) is 0 Å². The number of hydrogen-bond donors (Lipinski definition) is 1. The molecule has 3 amide bonds. The molecule has 1 N–H and O–H groups in total. The molecule has 1 aromatic carbocycles. The summed E-state index contributed by atoms with van der Waals surface area (Å²) in [5.74, 6) is -0.808. The maximum atomic E-state index is 13.0. The minimum absolute atomic E-state index is 0.202. The summed E-state index contributed by atoms with van der Waals surface area (Å²) in [6.45, 7) is 2.76. The molecule has 2 heterocycles. The second-order valence-electron chi connectivity index (χ2n) is 6.43. The zero-order valence-electron chi connectivity index (χ0n) is 15.0. The lowest BCUT2D eigenvalue weighted by molar-refractivity contribution is -0.141. The van der Waals surface area contributed by atoms with Gasteiger partial charge < -0.3 is 19.7 Å². The average Bonchev–Trinajstić information content (AvgIpc) is 3.17. The number of urea groups is 1. The first-order valence-electron chi connectivity index (χ1n) is 8.88. The molecule has 1 aromatic rings. The van der Waals surface area contributed by atoms with Crippen LogP contribution in [0, 0.1) is 5.82 Å². The van der Waals surface area contributed by atoms with E-state index in [1.165, 1.54) is 17.0 Å². The van der Waals surface area contributed by atoms with Crippen molar-refractivity contribution in [2.75, 3.05) is 32.8 Å². The summed E-state index contributed by atoms with van der Waals surface area (Å²) in [5, 5.41) is 2.51. The van der Waals surface area contributed by atoms with Crippen LogP contribution in [0.1, 0.15) is 12.5 Å². The highest BCUT2D eigenvalue weighted by atomic mass is 19.1. The molecule has 0 unspecified atom stereocenters. The second kappa shape index (κ2) is 8.24. The van der Waals surface area contributed by atoms with Crippen molar-refractivity contribution in [1.29, 1.82) is 0 Å². The molecule has 146 valence electrons. The fourth-order valence-electron chi connectivity index (χ4n) is 3.30. The molecule has 0 spiro atoms. The van der Waals surface area contributed by atoms with Gasteiger partial charge in [0.25, 0.3) is 0 Å². The summed E-state index contributed by atoms with van der Waals surface area (Å²) in [6, 6.07) is 5.49. The van der Waals surface area contributed by atoms with Gasteiger partial charge >= 0.3 is 18.1 Å². The molecule has 2 atom stereocenters. The summed E-state index contributed by atoms with van der Waals surface area (Å²) in [5.41, 5.74) is 0.912. The maximum Gasteiger partial charge on any atom is 0.410 e. The summed E-state index contributed by atoms with van der Waals surface area (Å²) in [4.78, 5) is 38.7. The van der Waals surface area contributed by atoms with E-state index in [4.69, 9.17) is 9.47 Å². The van der Waals surface area contributed by atoms with Crippen LogP contribution < -0.4 is 5.32 Å². The topological polar surface area (TPSA) is 88.2 Å². The van der Waals surface area contributed by atoms with Crippen LogP contribution in [0.5, 0.6) is 0 Å². The SMILES string of the molecule is CCOC(=O)CNC(=O)N1C[C@@H]2OC(=O)N(CCc3ccc(F)cc3)[C@@H]2C1. The molecule has 0 saturated carbocycles. The van der Waals surface area contributed by atoms with Gasteiger partial charge in [-0.05, 0) is 31.0 Å². The van der Waals surface area contributed by atoms with Crippen molar-refractivity contribution in [3.8, 4) is 0 Å². The molecule has 0 aliphatic carbocycles. The van der Waals surface area contributed by atoms with Crippen molar-refractivity contribution in [3.05, 3.63) is 35.6 Å². The van der Waals surface area contributed by atoms with Crippen LogP contribution in [0.15, 0.2) is 24.3 Å². The van der Waals surface area contributed by atoms with Crippen molar-refractivity contribution in [3.63, 3.8) is 0 Å². The molecule has 3 rings (SSSR count). The zero-order chi connectivity index (χ0) is 19.4. The molecule has 0 aromatic heterocycles. The molecule has 8 nitrogen and oxygen atoms in total. The third kappa shape index (κ3) is 4.47. The van der Waals surface area contributed by atoms with Crippen LogP contribution in [0.4, 0.5) is 14.0 Å². The Morgan fingerprint density at radius 2 is 2.04 bits per heavy atom. The van der Waals surface area contributed by atoms with Crippen LogP contribution in [0.25, 0.3) is 0 Å². The highest BCUT2D eigenvalue weighted by Gasteiger charge is 2.48. The largest absolute Gasteiger partial charge is 0.465 e. The summed E-state index contributed by atoms with van der Waals surface area (Å²) in [6.07, 6.45) is -0.231. The van der Waals surface area contributed by atoms with Gasteiger partial charge in [-0.25, -0.2) is 14.0 Å². The maximum absolute atomic E-state index is 13.0. The third-order valence-electron chi connectivity index (χ3n) is 4.66. The monoisotopic (exact) mass is 379 g/mol. The van der Waals surface area contributed by atoms with Gasteiger partial charge in [-0.2, -0.15) is 0 Å². The van der Waals surface area contributed by atoms with Crippen molar-refractivity contribution < 1.29 is 28.2 Å². The van der Waals surface area contributed by atoms with E-state index in [9.17, 15) is 18.8 Å². The molecule has 0 bridgehead atoms. The Morgan fingerprint density at radius 3 is 2.74 bits per heavy atom. The van der Waals surface area contributed by atoms with Crippen molar-refractivity contribution in [1.82, 2.24) is 15.1 Å². The smallest absolute Gasteiger partial charge is 0.410 e. The second-order valence-corrected chi connectivity index (χ2v) is 6.43. The van der Waals surface area contributed by atoms with Crippen LogP contribution in [-0.2, 0) is 20.7 Å². The number of nitrogens with one attached hydrogen (secondary N) is 1. The van der Waals surface area contributed by atoms with E-state index in [0.29, 0.717) is 19.5 Å². The van der Waals surface area contributed by atoms with Gasteiger partial charge in [-0.1, -0.05) is 12.1 Å². The van der Waals surface area contributed by atoms with E-state index in [2.05, 4.69) is 5.32 Å². The summed E-state index contributed by atoms with van der Waals surface area (Å²) >= 11 is 0. The number of ether oxygens (including phenoxy) is 2. The Hall–Kier alpha value is -2.84. The number of hydrogen-bond acceptors (Lipinski definition) is 5. The summed E-state index contributed by atoms with van der Waals surface area (Å²) in [7, 11) is 0. The quantitative estimate of drug-likeness (QED) is 0.749. The highest BCUT2D eigenvalue weighted by molar-refractivity contribution is 5.81. The van der Waals surface area contributed by atoms with Gasteiger partial charge in [0.1, 0.15) is 18.5 Å². The highest BCUT2D eigenvalue weighted by Crippen LogP contribution is 2.27.